The number of aliphatic hydroxyl groups is 2. The molecule has 2 aliphatic rings. The molecule has 1 spiro atoms. The molecule has 1 unspecified atom stereocenters. The van der Waals surface area contributed by atoms with Gasteiger partial charge in [-0.1, -0.05) is 20.8 Å². The zero-order valence-corrected chi connectivity index (χ0v) is 12.5. The first-order chi connectivity index (χ1) is 9.42. The van der Waals surface area contributed by atoms with Crippen molar-refractivity contribution in [2.24, 2.45) is 16.7 Å². The molecule has 0 aromatic heterocycles. The monoisotopic (exact) mass is 290 g/mol. The molecular weight excluding hydrogens is 264 g/mol. The summed E-state index contributed by atoms with van der Waals surface area (Å²) in [6.07, 6.45) is -0.774. The second-order valence-corrected chi connectivity index (χ2v) is 6.75. The molecule has 2 fully saturated rings. The smallest absolute Gasteiger partial charge is 0.164 e. The van der Waals surface area contributed by atoms with Crippen LogP contribution >= 0.6 is 0 Å². The maximum atomic E-state index is 9.34. The largest absolute Gasteiger partial charge is 0.396 e. The van der Waals surface area contributed by atoms with Gasteiger partial charge in [-0.3, -0.25) is 0 Å². The van der Waals surface area contributed by atoms with Gasteiger partial charge in [0.05, 0.1) is 45.1 Å². The van der Waals surface area contributed by atoms with Crippen LogP contribution in [0.4, 0.5) is 0 Å². The maximum absolute atomic E-state index is 9.34. The van der Waals surface area contributed by atoms with Crippen molar-refractivity contribution in [1.82, 2.24) is 0 Å². The van der Waals surface area contributed by atoms with Crippen molar-refractivity contribution in [3.63, 3.8) is 0 Å². The number of aliphatic hydroxyl groups excluding tert-OH is 2. The molecule has 2 aliphatic heterocycles. The molecule has 118 valence electrons. The first kappa shape index (κ1) is 16.1. The number of ether oxygens (including phenoxy) is 4. The zero-order valence-electron chi connectivity index (χ0n) is 12.5. The Morgan fingerprint density at radius 3 is 2.00 bits per heavy atom. The summed E-state index contributed by atoms with van der Waals surface area (Å²) in [5.41, 5.74) is -0.709. The standard InChI is InChI=1S/C14H26O6/c1-10(4-15)11-17-6-14(7-18-11)8-19-12(20-9-14)13(2,3)5-16/h10-12,15-16H,4-9H2,1-3H3. The molecule has 0 amide bonds. The van der Waals surface area contributed by atoms with E-state index in [1.165, 1.54) is 0 Å². The number of hydrogen-bond acceptors (Lipinski definition) is 6. The van der Waals surface area contributed by atoms with Crippen molar-refractivity contribution in [3.8, 4) is 0 Å². The Labute approximate surface area is 120 Å². The second kappa shape index (κ2) is 6.25. The van der Waals surface area contributed by atoms with Crippen LogP contribution in [-0.4, -0.2) is 62.4 Å². The SMILES string of the molecule is CC(CO)C1OCC2(CO1)COC(C(C)(C)CO)OC2. The van der Waals surface area contributed by atoms with E-state index in [2.05, 4.69) is 0 Å². The van der Waals surface area contributed by atoms with Crippen LogP contribution in [0.5, 0.6) is 0 Å². The lowest BCUT2D eigenvalue weighted by Gasteiger charge is -2.47. The van der Waals surface area contributed by atoms with Crippen LogP contribution in [-0.2, 0) is 18.9 Å². The lowest BCUT2D eigenvalue weighted by Crippen LogP contribution is -2.55. The minimum absolute atomic E-state index is 0.00769. The molecule has 2 rings (SSSR count). The van der Waals surface area contributed by atoms with E-state index in [-0.39, 0.29) is 30.8 Å². The minimum Gasteiger partial charge on any atom is -0.396 e. The van der Waals surface area contributed by atoms with Crippen molar-refractivity contribution in [2.75, 3.05) is 39.6 Å². The molecule has 2 heterocycles. The Hall–Kier alpha value is -0.240. The van der Waals surface area contributed by atoms with Gasteiger partial charge in [0.25, 0.3) is 0 Å². The summed E-state index contributed by atoms with van der Waals surface area (Å²) >= 11 is 0. The summed E-state index contributed by atoms with van der Waals surface area (Å²) < 4.78 is 22.9. The number of hydrogen-bond donors (Lipinski definition) is 2. The molecule has 1 atom stereocenters. The van der Waals surface area contributed by atoms with Crippen LogP contribution < -0.4 is 0 Å². The van der Waals surface area contributed by atoms with Gasteiger partial charge >= 0.3 is 0 Å². The van der Waals surface area contributed by atoms with Crippen LogP contribution in [0.1, 0.15) is 20.8 Å². The van der Waals surface area contributed by atoms with Crippen LogP contribution in [0.2, 0.25) is 0 Å². The predicted octanol–water partition coefficient (Wildman–Crippen LogP) is 0.365. The highest BCUT2D eigenvalue weighted by molar-refractivity contribution is 4.87. The van der Waals surface area contributed by atoms with Crippen LogP contribution in [0.25, 0.3) is 0 Å². The summed E-state index contributed by atoms with van der Waals surface area (Å²) in [6, 6.07) is 0. The highest BCUT2D eigenvalue weighted by Crippen LogP contribution is 2.35. The highest BCUT2D eigenvalue weighted by Gasteiger charge is 2.45. The summed E-state index contributed by atoms with van der Waals surface area (Å²) in [5, 5.41) is 18.4. The first-order valence-corrected chi connectivity index (χ1v) is 7.11. The highest BCUT2D eigenvalue weighted by atomic mass is 16.7. The van der Waals surface area contributed by atoms with Gasteiger partial charge in [-0.2, -0.15) is 0 Å². The third-order valence-corrected chi connectivity index (χ3v) is 3.99. The van der Waals surface area contributed by atoms with Gasteiger partial charge in [-0.25, -0.2) is 0 Å². The van der Waals surface area contributed by atoms with Crippen LogP contribution in [0.15, 0.2) is 0 Å². The third kappa shape index (κ3) is 3.32. The fraction of sp³-hybridized carbons (Fsp3) is 1.00. The van der Waals surface area contributed by atoms with E-state index in [0.717, 1.165) is 0 Å². The van der Waals surface area contributed by atoms with Gasteiger partial charge < -0.3 is 29.2 Å². The van der Waals surface area contributed by atoms with E-state index in [1.807, 2.05) is 20.8 Å². The third-order valence-electron chi connectivity index (χ3n) is 3.99. The van der Waals surface area contributed by atoms with E-state index >= 15 is 0 Å². The molecule has 0 aliphatic carbocycles. The van der Waals surface area contributed by atoms with Crippen molar-refractivity contribution < 1.29 is 29.2 Å². The normalized spacial score (nSPS) is 37.0. The molecule has 0 aromatic rings. The van der Waals surface area contributed by atoms with E-state index in [9.17, 15) is 5.11 Å². The van der Waals surface area contributed by atoms with Gasteiger partial charge in [0.15, 0.2) is 12.6 Å². The van der Waals surface area contributed by atoms with Gasteiger partial charge in [0.2, 0.25) is 0 Å². The summed E-state index contributed by atoms with van der Waals surface area (Å²) in [4.78, 5) is 0. The molecule has 0 saturated carbocycles. The van der Waals surface area contributed by atoms with Gasteiger partial charge in [0, 0.05) is 11.3 Å². The Bertz CT molecular complexity index is 301. The van der Waals surface area contributed by atoms with Crippen molar-refractivity contribution in [3.05, 3.63) is 0 Å². The fourth-order valence-electron chi connectivity index (χ4n) is 2.31. The second-order valence-electron chi connectivity index (χ2n) is 6.75. The van der Waals surface area contributed by atoms with Gasteiger partial charge in [-0.05, 0) is 0 Å². The number of rotatable bonds is 4. The first-order valence-electron chi connectivity index (χ1n) is 7.11. The summed E-state index contributed by atoms with van der Waals surface area (Å²) in [7, 11) is 0. The maximum Gasteiger partial charge on any atom is 0.164 e. The van der Waals surface area contributed by atoms with E-state index in [0.29, 0.717) is 26.4 Å². The summed E-state index contributed by atoms with van der Waals surface area (Å²) in [6.45, 7) is 7.71. The molecular formula is C14H26O6. The Kier molecular flexibility index (Phi) is 5.05. The Morgan fingerprint density at radius 2 is 1.55 bits per heavy atom. The lowest BCUT2D eigenvalue weighted by molar-refractivity contribution is -0.329. The molecule has 6 nitrogen and oxygen atoms in total. The molecule has 2 N–H and O–H groups in total. The van der Waals surface area contributed by atoms with Crippen molar-refractivity contribution in [1.29, 1.82) is 0 Å². The summed E-state index contributed by atoms with van der Waals surface area (Å²) in [5.74, 6) is -0.0427. The van der Waals surface area contributed by atoms with E-state index < -0.39 is 11.7 Å². The quantitative estimate of drug-likeness (QED) is 0.779. The molecule has 20 heavy (non-hydrogen) atoms. The topological polar surface area (TPSA) is 77.4 Å². The van der Waals surface area contributed by atoms with Crippen LogP contribution in [0, 0.1) is 16.7 Å². The predicted molar refractivity (Wildman–Crippen MR) is 70.9 cm³/mol. The van der Waals surface area contributed by atoms with Gasteiger partial charge in [-0.15, -0.1) is 0 Å². The zero-order chi connectivity index (χ0) is 14.8. The molecule has 0 aromatic carbocycles. The lowest BCUT2D eigenvalue weighted by atomic mass is 9.88. The van der Waals surface area contributed by atoms with Crippen molar-refractivity contribution in [2.45, 2.75) is 33.4 Å². The Morgan fingerprint density at radius 1 is 1.05 bits per heavy atom. The molecule has 0 bridgehead atoms. The molecule has 6 heteroatoms. The van der Waals surface area contributed by atoms with E-state index in [1.54, 1.807) is 0 Å². The Balaban J connectivity index is 1.85. The van der Waals surface area contributed by atoms with Crippen LogP contribution in [0.3, 0.4) is 0 Å². The molecule has 0 radical (unpaired) electrons. The fourth-order valence-corrected chi connectivity index (χ4v) is 2.31. The van der Waals surface area contributed by atoms with E-state index in [4.69, 9.17) is 24.1 Å². The average Bonchev–Trinajstić information content (AvgIpc) is 2.48. The average molecular weight is 290 g/mol. The molecule has 2 saturated heterocycles. The minimum atomic E-state index is -0.425. The van der Waals surface area contributed by atoms with Crippen molar-refractivity contribution >= 4 is 0 Å². The van der Waals surface area contributed by atoms with Gasteiger partial charge in [0.1, 0.15) is 0 Å².